The summed E-state index contributed by atoms with van der Waals surface area (Å²) in [5.74, 6) is -2.02. The first-order valence-corrected chi connectivity index (χ1v) is 5.36. The molecule has 0 aliphatic carbocycles. The third kappa shape index (κ3) is 3.43. The first kappa shape index (κ1) is 14.0. The first-order valence-electron chi connectivity index (χ1n) is 4.82. The minimum atomic E-state index is -4.88. The Morgan fingerprint density at radius 2 is 1.94 bits per heavy atom. The van der Waals surface area contributed by atoms with Crippen LogP contribution in [0.25, 0.3) is 0 Å². The molecule has 0 atom stereocenters. The van der Waals surface area contributed by atoms with Crippen LogP contribution in [0, 0.1) is 5.82 Å². The molecule has 0 saturated heterocycles. The third-order valence-electron chi connectivity index (χ3n) is 2.13. The van der Waals surface area contributed by atoms with E-state index in [9.17, 15) is 22.4 Å². The lowest BCUT2D eigenvalue weighted by atomic mass is 10.00. The van der Waals surface area contributed by atoms with Crippen LogP contribution in [0.15, 0.2) is 18.2 Å². The number of ketones is 1. The van der Waals surface area contributed by atoms with Crippen LogP contribution in [-0.4, -0.2) is 11.7 Å². The Kier molecular flexibility index (Phi) is 4.51. The minimum absolute atomic E-state index is 0.129. The molecule has 0 saturated carbocycles. The number of hydrogen-bond donors (Lipinski definition) is 0. The van der Waals surface area contributed by atoms with E-state index in [-0.39, 0.29) is 18.7 Å². The summed E-state index contributed by atoms with van der Waals surface area (Å²) in [6.45, 7) is 0. The van der Waals surface area contributed by atoms with Crippen molar-refractivity contribution in [3.8, 4) is 0 Å². The fourth-order valence-electron chi connectivity index (χ4n) is 1.41. The van der Waals surface area contributed by atoms with E-state index in [1.807, 2.05) is 0 Å². The van der Waals surface area contributed by atoms with Gasteiger partial charge in [-0.2, -0.15) is 13.2 Å². The Hall–Kier alpha value is -1.10. The van der Waals surface area contributed by atoms with E-state index in [4.69, 9.17) is 11.6 Å². The van der Waals surface area contributed by atoms with Crippen LogP contribution in [0.2, 0.25) is 0 Å². The minimum Gasteiger partial charge on any atom is -0.294 e. The zero-order valence-corrected chi connectivity index (χ0v) is 9.41. The van der Waals surface area contributed by atoms with Gasteiger partial charge in [0.15, 0.2) is 5.78 Å². The molecule has 0 unspecified atom stereocenters. The van der Waals surface area contributed by atoms with Gasteiger partial charge in [-0.3, -0.25) is 4.79 Å². The highest BCUT2D eigenvalue weighted by molar-refractivity contribution is 6.18. The molecule has 0 fully saturated rings. The summed E-state index contributed by atoms with van der Waals surface area (Å²) >= 11 is 5.35. The van der Waals surface area contributed by atoms with Crippen molar-refractivity contribution in [1.82, 2.24) is 0 Å². The maximum atomic E-state index is 13.1. The summed E-state index contributed by atoms with van der Waals surface area (Å²) in [6.07, 6.45) is -4.75. The van der Waals surface area contributed by atoms with Gasteiger partial charge < -0.3 is 0 Å². The SMILES string of the molecule is O=C(CCCCl)c1cccc(F)c1C(F)(F)F. The van der Waals surface area contributed by atoms with Gasteiger partial charge in [-0.1, -0.05) is 12.1 Å². The maximum Gasteiger partial charge on any atom is 0.419 e. The fraction of sp³-hybridized carbons (Fsp3) is 0.364. The highest BCUT2D eigenvalue weighted by Gasteiger charge is 2.38. The highest BCUT2D eigenvalue weighted by Crippen LogP contribution is 2.34. The lowest BCUT2D eigenvalue weighted by Crippen LogP contribution is -2.15. The van der Waals surface area contributed by atoms with Crippen LogP contribution >= 0.6 is 11.6 Å². The second kappa shape index (κ2) is 5.49. The van der Waals surface area contributed by atoms with E-state index in [1.54, 1.807) is 0 Å². The van der Waals surface area contributed by atoms with E-state index in [2.05, 4.69) is 0 Å². The van der Waals surface area contributed by atoms with Crippen LogP contribution in [0.3, 0.4) is 0 Å². The van der Waals surface area contributed by atoms with Crippen molar-refractivity contribution >= 4 is 17.4 Å². The summed E-state index contributed by atoms with van der Waals surface area (Å²) in [5.41, 5.74) is -2.14. The third-order valence-corrected chi connectivity index (χ3v) is 2.40. The molecule has 1 aromatic carbocycles. The molecule has 17 heavy (non-hydrogen) atoms. The van der Waals surface area contributed by atoms with Crippen molar-refractivity contribution < 1.29 is 22.4 Å². The topological polar surface area (TPSA) is 17.1 Å². The van der Waals surface area contributed by atoms with Crippen molar-refractivity contribution in [1.29, 1.82) is 0 Å². The van der Waals surface area contributed by atoms with Gasteiger partial charge in [0.1, 0.15) is 11.4 Å². The van der Waals surface area contributed by atoms with Crippen LogP contribution < -0.4 is 0 Å². The predicted octanol–water partition coefficient (Wildman–Crippen LogP) is 4.05. The van der Waals surface area contributed by atoms with E-state index in [0.717, 1.165) is 12.1 Å². The molecule has 0 aromatic heterocycles. The standard InChI is InChI=1S/C11H9ClF4O/c12-6-2-5-9(17)7-3-1-4-8(13)10(7)11(14,15)16/h1,3-4H,2,5-6H2. The lowest BCUT2D eigenvalue weighted by Gasteiger charge is -2.12. The molecule has 1 nitrogen and oxygen atoms in total. The summed E-state index contributed by atoms with van der Waals surface area (Å²) in [5, 5.41) is 0. The molecule has 6 heteroatoms. The van der Waals surface area contributed by atoms with Crippen LogP contribution in [0.5, 0.6) is 0 Å². The summed E-state index contributed by atoms with van der Waals surface area (Å²) in [6, 6.07) is 2.74. The van der Waals surface area contributed by atoms with Crippen LogP contribution in [0.4, 0.5) is 17.6 Å². The lowest BCUT2D eigenvalue weighted by molar-refractivity contribution is -0.140. The number of Topliss-reactive ketones (excluding diaryl/α,β-unsaturated/α-hetero) is 1. The Balaban J connectivity index is 3.16. The zero-order chi connectivity index (χ0) is 13.1. The number of rotatable bonds is 4. The maximum absolute atomic E-state index is 13.1. The number of benzene rings is 1. The van der Waals surface area contributed by atoms with Gasteiger partial charge in [-0.25, -0.2) is 4.39 Å². The molecule has 0 N–H and O–H groups in total. The molecule has 0 heterocycles. The largest absolute Gasteiger partial charge is 0.419 e. The molecule has 0 spiro atoms. The molecule has 0 bridgehead atoms. The molecule has 0 aliphatic rings. The van der Waals surface area contributed by atoms with Gasteiger partial charge >= 0.3 is 6.18 Å². The number of alkyl halides is 4. The van der Waals surface area contributed by atoms with E-state index in [0.29, 0.717) is 6.07 Å². The Bertz CT molecular complexity index is 414. The Labute approximate surface area is 100 Å². The van der Waals surface area contributed by atoms with Gasteiger partial charge in [-0.05, 0) is 12.5 Å². The van der Waals surface area contributed by atoms with Crippen molar-refractivity contribution in [3.63, 3.8) is 0 Å². The van der Waals surface area contributed by atoms with Crippen molar-refractivity contribution in [2.45, 2.75) is 19.0 Å². The quantitative estimate of drug-likeness (QED) is 0.457. The molecule has 0 amide bonds. The summed E-state index contributed by atoms with van der Waals surface area (Å²) in [4.78, 5) is 11.5. The number of carbonyl (C=O) groups is 1. The van der Waals surface area contributed by atoms with Crippen LogP contribution in [0.1, 0.15) is 28.8 Å². The average molecular weight is 269 g/mol. The molecule has 1 aromatic rings. The Morgan fingerprint density at radius 1 is 1.29 bits per heavy atom. The normalized spacial score (nSPS) is 11.6. The number of halogens is 5. The monoisotopic (exact) mass is 268 g/mol. The van der Waals surface area contributed by atoms with E-state index >= 15 is 0 Å². The first-order chi connectivity index (χ1) is 7.88. The summed E-state index contributed by atoms with van der Waals surface area (Å²) in [7, 11) is 0. The predicted molar refractivity (Wildman–Crippen MR) is 55.7 cm³/mol. The molecule has 0 radical (unpaired) electrons. The zero-order valence-electron chi connectivity index (χ0n) is 8.65. The van der Waals surface area contributed by atoms with Crippen LogP contribution in [-0.2, 0) is 6.18 Å². The van der Waals surface area contributed by atoms with Gasteiger partial charge in [-0.15, -0.1) is 11.6 Å². The van der Waals surface area contributed by atoms with E-state index in [1.165, 1.54) is 0 Å². The van der Waals surface area contributed by atoms with Gasteiger partial charge in [0.25, 0.3) is 0 Å². The van der Waals surface area contributed by atoms with E-state index < -0.39 is 28.9 Å². The van der Waals surface area contributed by atoms with Gasteiger partial charge in [0.2, 0.25) is 0 Å². The molecule has 94 valence electrons. The molecular formula is C11H9ClF4O. The van der Waals surface area contributed by atoms with Crippen molar-refractivity contribution in [2.75, 3.05) is 5.88 Å². The van der Waals surface area contributed by atoms with Gasteiger partial charge in [0, 0.05) is 17.9 Å². The number of hydrogen-bond acceptors (Lipinski definition) is 1. The highest BCUT2D eigenvalue weighted by atomic mass is 35.5. The smallest absolute Gasteiger partial charge is 0.294 e. The molecular weight excluding hydrogens is 260 g/mol. The molecule has 1 rings (SSSR count). The van der Waals surface area contributed by atoms with Gasteiger partial charge in [0.05, 0.1) is 0 Å². The molecule has 0 aliphatic heterocycles. The summed E-state index contributed by atoms with van der Waals surface area (Å²) < 4.78 is 50.9. The average Bonchev–Trinajstić information content (AvgIpc) is 2.23. The second-order valence-electron chi connectivity index (χ2n) is 3.38. The number of carbonyl (C=O) groups excluding carboxylic acids is 1. The van der Waals surface area contributed by atoms with Crippen molar-refractivity contribution in [2.24, 2.45) is 0 Å². The second-order valence-corrected chi connectivity index (χ2v) is 3.75. The fourth-order valence-corrected chi connectivity index (χ4v) is 1.54. The van der Waals surface area contributed by atoms with Crippen molar-refractivity contribution in [3.05, 3.63) is 35.1 Å². The Morgan fingerprint density at radius 3 is 2.47 bits per heavy atom.